The van der Waals surface area contributed by atoms with Crippen molar-refractivity contribution in [2.24, 2.45) is 0 Å². The second kappa shape index (κ2) is 5.28. The number of pyridine rings is 2. The van der Waals surface area contributed by atoms with Crippen molar-refractivity contribution in [3.63, 3.8) is 0 Å². The van der Waals surface area contributed by atoms with Crippen molar-refractivity contribution >= 4 is 0 Å². The number of ether oxygens (including phenoxy) is 1. The smallest absolute Gasteiger partial charge is 0.219 e. The van der Waals surface area contributed by atoms with Gasteiger partial charge in [-0.25, -0.2) is 4.98 Å². The van der Waals surface area contributed by atoms with Gasteiger partial charge >= 0.3 is 0 Å². The topological polar surface area (TPSA) is 58.8 Å². The first-order valence-electron chi connectivity index (χ1n) is 5.73. The molecule has 2 aromatic heterocycles. The molecule has 0 aromatic carbocycles. The van der Waals surface area contributed by atoms with Crippen LogP contribution in [0.4, 0.5) is 0 Å². The largest absolute Gasteiger partial charge is 0.437 e. The predicted octanol–water partition coefficient (Wildman–Crippen LogP) is 3.01. The second-order valence-electron chi connectivity index (χ2n) is 3.85. The number of nitrogens with zero attached hydrogens (tertiary/aromatic N) is 3. The van der Waals surface area contributed by atoms with E-state index in [1.165, 1.54) is 6.20 Å². The van der Waals surface area contributed by atoms with Crippen molar-refractivity contribution < 1.29 is 4.74 Å². The van der Waals surface area contributed by atoms with Crippen LogP contribution in [0.5, 0.6) is 11.6 Å². The highest BCUT2D eigenvalue weighted by atomic mass is 16.5. The van der Waals surface area contributed by atoms with Crippen LogP contribution in [0.25, 0.3) is 0 Å². The summed E-state index contributed by atoms with van der Waals surface area (Å²) in [5, 5.41) is 8.69. The zero-order valence-corrected chi connectivity index (χ0v) is 10.3. The van der Waals surface area contributed by atoms with Crippen molar-refractivity contribution in [1.82, 2.24) is 9.97 Å². The number of hydrogen-bond donors (Lipinski definition) is 0. The normalized spacial score (nSPS) is 9.83. The Kier molecular flexibility index (Phi) is 3.54. The van der Waals surface area contributed by atoms with Gasteiger partial charge in [0.2, 0.25) is 5.88 Å². The van der Waals surface area contributed by atoms with E-state index in [1.807, 2.05) is 32.0 Å². The first kappa shape index (κ1) is 12.1. The van der Waals surface area contributed by atoms with Crippen LogP contribution in [-0.4, -0.2) is 9.97 Å². The summed E-state index contributed by atoms with van der Waals surface area (Å²) in [6, 6.07) is 9.16. The molecule has 0 fully saturated rings. The van der Waals surface area contributed by atoms with Gasteiger partial charge in [0.1, 0.15) is 6.07 Å². The molecule has 4 nitrogen and oxygen atoms in total. The summed E-state index contributed by atoms with van der Waals surface area (Å²) in [4.78, 5) is 8.49. The Morgan fingerprint density at radius 2 is 2.11 bits per heavy atom. The molecule has 0 unspecified atom stereocenters. The fraction of sp³-hybridized carbons (Fsp3) is 0.214. The maximum atomic E-state index is 8.69. The first-order chi connectivity index (χ1) is 8.72. The summed E-state index contributed by atoms with van der Waals surface area (Å²) in [5.41, 5.74) is 2.38. The predicted molar refractivity (Wildman–Crippen MR) is 67.4 cm³/mol. The third kappa shape index (κ3) is 2.64. The lowest BCUT2D eigenvalue weighted by Gasteiger charge is -2.09. The number of aryl methyl sites for hydroxylation is 2. The zero-order chi connectivity index (χ0) is 13.0. The summed E-state index contributed by atoms with van der Waals surface area (Å²) in [5.74, 6) is 1.18. The lowest BCUT2D eigenvalue weighted by Crippen LogP contribution is -1.96. The van der Waals surface area contributed by atoms with Gasteiger partial charge in [0.15, 0.2) is 5.75 Å². The van der Waals surface area contributed by atoms with Crippen LogP contribution in [0, 0.1) is 18.3 Å². The number of aromatic nitrogens is 2. The van der Waals surface area contributed by atoms with Gasteiger partial charge in [-0.15, -0.1) is 0 Å². The molecule has 0 N–H and O–H groups in total. The molecular weight excluding hydrogens is 226 g/mol. The molecule has 4 heteroatoms. The molecule has 0 amide bonds. The highest BCUT2D eigenvalue weighted by Crippen LogP contribution is 2.23. The number of nitriles is 1. The average molecular weight is 239 g/mol. The summed E-state index contributed by atoms with van der Waals surface area (Å²) >= 11 is 0. The van der Waals surface area contributed by atoms with Crippen LogP contribution in [0.3, 0.4) is 0 Å². The van der Waals surface area contributed by atoms with Crippen molar-refractivity contribution in [2.75, 3.05) is 0 Å². The molecule has 0 aliphatic rings. The minimum atomic E-state index is 0.467. The lowest BCUT2D eigenvalue weighted by atomic mass is 10.2. The van der Waals surface area contributed by atoms with E-state index >= 15 is 0 Å². The molecule has 90 valence electrons. The lowest BCUT2D eigenvalue weighted by molar-refractivity contribution is 0.454. The standard InChI is InChI=1S/C14H13N3O/c1-3-12-13(6-4-10(2)17-12)18-14-7-5-11(8-15)9-16-14/h4-7,9H,3H2,1-2H3. The molecule has 18 heavy (non-hydrogen) atoms. The molecule has 0 spiro atoms. The zero-order valence-electron chi connectivity index (χ0n) is 10.3. The molecular formula is C14H13N3O. The molecule has 0 saturated carbocycles. The van der Waals surface area contributed by atoms with E-state index in [4.69, 9.17) is 10.00 Å². The Bertz CT molecular complexity index is 585. The van der Waals surface area contributed by atoms with E-state index in [1.54, 1.807) is 12.1 Å². The molecule has 0 saturated heterocycles. The van der Waals surface area contributed by atoms with Crippen LogP contribution in [0.2, 0.25) is 0 Å². The number of rotatable bonds is 3. The summed E-state index contributed by atoms with van der Waals surface area (Å²) in [7, 11) is 0. The first-order valence-corrected chi connectivity index (χ1v) is 5.73. The summed E-state index contributed by atoms with van der Waals surface area (Å²) in [6.45, 7) is 3.98. The molecule has 0 aliphatic heterocycles. The Morgan fingerprint density at radius 3 is 2.72 bits per heavy atom. The van der Waals surface area contributed by atoms with Crippen molar-refractivity contribution in [3.05, 3.63) is 47.4 Å². The molecule has 0 aliphatic carbocycles. The maximum Gasteiger partial charge on any atom is 0.219 e. The van der Waals surface area contributed by atoms with E-state index in [0.717, 1.165) is 17.8 Å². The molecule has 2 rings (SSSR count). The summed E-state index contributed by atoms with van der Waals surface area (Å²) < 4.78 is 5.67. The van der Waals surface area contributed by atoms with Gasteiger partial charge in [-0.05, 0) is 31.5 Å². The van der Waals surface area contributed by atoms with Crippen LogP contribution in [0.15, 0.2) is 30.5 Å². The molecule has 2 heterocycles. The third-order valence-corrected chi connectivity index (χ3v) is 2.49. The monoisotopic (exact) mass is 239 g/mol. The Hall–Kier alpha value is -2.41. The maximum absolute atomic E-state index is 8.69. The quantitative estimate of drug-likeness (QED) is 0.826. The van der Waals surface area contributed by atoms with E-state index in [-0.39, 0.29) is 0 Å². The molecule has 2 aromatic rings. The SMILES string of the molecule is CCc1nc(C)ccc1Oc1ccc(C#N)cn1. The van der Waals surface area contributed by atoms with E-state index in [9.17, 15) is 0 Å². The van der Waals surface area contributed by atoms with Gasteiger partial charge in [-0.2, -0.15) is 5.26 Å². The fourth-order valence-electron chi connectivity index (χ4n) is 1.56. The van der Waals surface area contributed by atoms with Crippen LogP contribution in [-0.2, 0) is 6.42 Å². The molecule has 0 atom stereocenters. The Balaban J connectivity index is 2.25. The molecule has 0 radical (unpaired) electrons. The second-order valence-corrected chi connectivity index (χ2v) is 3.85. The van der Waals surface area contributed by atoms with Crippen LogP contribution in [0.1, 0.15) is 23.9 Å². The van der Waals surface area contributed by atoms with Crippen LogP contribution >= 0.6 is 0 Å². The highest BCUT2D eigenvalue weighted by molar-refractivity contribution is 5.34. The Labute approximate surface area is 106 Å². The van der Waals surface area contributed by atoms with Crippen molar-refractivity contribution in [2.45, 2.75) is 20.3 Å². The van der Waals surface area contributed by atoms with E-state index in [0.29, 0.717) is 17.2 Å². The van der Waals surface area contributed by atoms with Gasteiger partial charge < -0.3 is 4.74 Å². The minimum Gasteiger partial charge on any atom is -0.437 e. The highest BCUT2D eigenvalue weighted by Gasteiger charge is 2.06. The summed E-state index contributed by atoms with van der Waals surface area (Å²) in [6.07, 6.45) is 2.29. The third-order valence-electron chi connectivity index (χ3n) is 2.49. The van der Waals surface area contributed by atoms with Crippen LogP contribution < -0.4 is 4.74 Å². The van der Waals surface area contributed by atoms with Gasteiger partial charge in [-0.3, -0.25) is 4.98 Å². The Morgan fingerprint density at radius 1 is 1.28 bits per heavy atom. The van der Waals surface area contributed by atoms with Crippen molar-refractivity contribution in [1.29, 1.82) is 5.26 Å². The van der Waals surface area contributed by atoms with Gasteiger partial charge in [0.05, 0.1) is 11.3 Å². The van der Waals surface area contributed by atoms with Gasteiger partial charge in [0, 0.05) is 18.0 Å². The molecule has 0 bridgehead atoms. The average Bonchev–Trinajstić information content (AvgIpc) is 2.41. The van der Waals surface area contributed by atoms with E-state index in [2.05, 4.69) is 9.97 Å². The minimum absolute atomic E-state index is 0.467. The van der Waals surface area contributed by atoms with Gasteiger partial charge in [0.25, 0.3) is 0 Å². The van der Waals surface area contributed by atoms with Gasteiger partial charge in [-0.1, -0.05) is 6.92 Å². The van der Waals surface area contributed by atoms with Crippen molar-refractivity contribution in [3.8, 4) is 17.7 Å². The fourth-order valence-corrected chi connectivity index (χ4v) is 1.56. The van der Waals surface area contributed by atoms with E-state index < -0.39 is 0 Å². The number of hydrogen-bond acceptors (Lipinski definition) is 4.